The molecular weight excluding hydrogens is 348 g/mol. The van der Waals surface area contributed by atoms with Crippen molar-refractivity contribution < 1.29 is 29.6 Å². The number of aliphatic hydroxyl groups is 3. The summed E-state index contributed by atoms with van der Waals surface area (Å²) in [6.07, 6.45) is 3.22. The fraction of sp³-hybridized carbons (Fsp3) is 0.524. The van der Waals surface area contributed by atoms with Crippen LogP contribution >= 0.6 is 0 Å². The van der Waals surface area contributed by atoms with Crippen LogP contribution in [0.15, 0.2) is 30.3 Å². The Hall–Kier alpha value is -2.02. The van der Waals surface area contributed by atoms with Crippen LogP contribution < -0.4 is 4.74 Å². The van der Waals surface area contributed by atoms with Crippen molar-refractivity contribution in [3.05, 3.63) is 35.9 Å². The molecule has 0 heterocycles. The number of benzene rings is 1. The largest absolute Gasteiger partial charge is 0.497 e. The van der Waals surface area contributed by atoms with Crippen LogP contribution in [-0.2, 0) is 9.59 Å². The molecule has 0 bridgehead atoms. The molecule has 0 saturated carbocycles. The average molecular weight is 378 g/mol. The minimum absolute atomic E-state index is 0.439. The van der Waals surface area contributed by atoms with E-state index in [1.54, 1.807) is 38.3 Å². The number of unbranched alkanes of at least 4 members (excludes halogenated alkanes) is 1. The number of rotatable bonds is 12. The van der Waals surface area contributed by atoms with Gasteiger partial charge in [-0.3, -0.25) is 9.59 Å². The molecule has 0 radical (unpaired) electrons. The first-order chi connectivity index (χ1) is 12.8. The van der Waals surface area contributed by atoms with Crippen molar-refractivity contribution in [3.8, 4) is 5.75 Å². The van der Waals surface area contributed by atoms with E-state index in [4.69, 9.17) is 4.74 Å². The van der Waals surface area contributed by atoms with Gasteiger partial charge in [0.25, 0.3) is 0 Å². The van der Waals surface area contributed by atoms with E-state index < -0.39 is 35.8 Å². The zero-order chi connectivity index (χ0) is 20.4. The normalized spacial score (nSPS) is 15.9. The highest BCUT2D eigenvalue weighted by molar-refractivity contribution is 6.17. The van der Waals surface area contributed by atoms with E-state index in [2.05, 4.69) is 0 Å². The molecule has 3 N–H and O–H groups in total. The predicted octanol–water partition coefficient (Wildman–Crippen LogP) is 2.15. The van der Waals surface area contributed by atoms with E-state index in [1.165, 1.54) is 6.08 Å². The van der Waals surface area contributed by atoms with E-state index in [1.807, 2.05) is 6.92 Å². The molecule has 0 amide bonds. The Morgan fingerprint density at radius 3 is 2.33 bits per heavy atom. The number of hydrogen-bond acceptors (Lipinski definition) is 6. The lowest BCUT2D eigenvalue weighted by Crippen LogP contribution is -2.58. The van der Waals surface area contributed by atoms with Gasteiger partial charge in [0.15, 0.2) is 11.6 Å². The van der Waals surface area contributed by atoms with Gasteiger partial charge >= 0.3 is 0 Å². The highest BCUT2D eigenvalue weighted by atomic mass is 16.5. The minimum atomic E-state index is -2.66. The third-order valence-electron chi connectivity index (χ3n) is 4.72. The molecule has 3 atom stereocenters. The molecule has 0 aliphatic rings. The van der Waals surface area contributed by atoms with Gasteiger partial charge in [0.05, 0.1) is 13.7 Å². The Morgan fingerprint density at radius 2 is 1.85 bits per heavy atom. The van der Waals surface area contributed by atoms with Crippen LogP contribution in [0.4, 0.5) is 0 Å². The standard InChI is InChI=1S/C21H30O6/c1-4-6-7-16(5-2)20(25)21(26,19(24)14-22)18(23)13-10-15-8-11-17(27-3)12-9-15/h8-13,16,19,22,24,26H,4-7,14H2,1-3H3/b13-10+. The minimum Gasteiger partial charge on any atom is -0.497 e. The van der Waals surface area contributed by atoms with Crippen molar-refractivity contribution in [2.75, 3.05) is 13.7 Å². The Balaban J connectivity index is 3.09. The Labute approximate surface area is 160 Å². The van der Waals surface area contributed by atoms with Crippen molar-refractivity contribution in [1.29, 1.82) is 0 Å². The lowest BCUT2D eigenvalue weighted by atomic mass is 9.78. The summed E-state index contributed by atoms with van der Waals surface area (Å²) in [5.74, 6) is -1.60. The van der Waals surface area contributed by atoms with Crippen LogP contribution in [-0.4, -0.2) is 52.3 Å². The van der Waals surface area contributed by atoms with Crippen molar-refractivity contribution in [1.82, 2.24) is 0 Å². The molecule has 0 spiro atoms. The summed E-state index contributed by atoms with van der Waals surface area (Å²) >= 11 is 0. The molecule has 0 aliphatic carbocycles. The van der Waals surface area contributed by atoms with Gasteiger partial charge < -0.3 is 20.1 Å². The maximum Gasteiger partial charge on any atom is 0.213 e. The maximum atomic E-state index is 12.8. The van der Waals surface area contributed by atoms with E-state index in [0.717, 1.165) is 18.9 Å². The maximum absolute atomic E-state index is 12.8. The fourth-order valence-corrected chi connectivity index (χ4v) is 2.88. The zero-order valence-electron chi connectivity index (χ0n) is 16.2. The molecule has 150 valence electrons. The van der Waals surface area contributed by atoms with Gasteiger partial charge in [-0.05, 0) is 36.6 Å². The van der Waals surface area contributed by atoms with E-state index in [9.17, 15) is 24.9 Å². The van der Waals surface area contributed by atoms with Crippen LogP contribution in [0.1, 0.15) is 45.1 Å². The first kappa shape index (κ1) is 23.0. The van der Waals surface area contributed by atoms with Gasteiger partial charge in [-0.25, -0.2) is 0 Å². The highest BCUT2D eigenvalue weighted by Crippen LogP contribution is 2.25. The molecule has 0 aromatic heterocycles. The summed E-state index contributed by atoms with van der Waals surface area (Å²) in [6, 6.07) is 6.84. The van der Waals surface area contributed by atoms with Crippen LogP contribution in [0.25, 0.3) is 6.08 Å². The molecule has 3 unspecified atom stereocenters. The third-order valence-corrected chi connectivity index (χ3v) is 4.72. The SMILES string of the molecule is CCCCC(CC)C(=O)C(O)(C(=O)/C=C/c1ccc(OC)cc1)C(O)CO. The zero-order valence-corrected chi connectivity index (χ0v) is 16.2. The second kappa shape index (κ2) is 11.0. The number of carbonyl (C=O) groups excluding carboxylic acids is 2. The third kappa shape index (κ3) is 5.73. The molecule has 1 rings (SSSR count). The number of ether oxygens (including phenoxy) is 1. The monoisotopic (exact) mass is 378 g/mol. The fourth-order valence-electron chi connectivity index (χ4n) is 2.88. The molecule has 0 fully saturated rings. The van der Waals surface area contributed by atoms with Crippen LogP contribution in [0.2, 0.25) is 0 Å². The molecule has 6 nitrogen and oxygen atoms in total. The van der Waals surface area contributed by atoms with E-state index in [0.29, 0.717) is 24.2 Å². The Morgan fingerprint density at radius 1 is 1.22 bits per heavy atom. The predicted molar refractivity (Wildman–Crippen MR) is 103 cm³/mol. The van der Waals surface area contributed by atoms with Gasteiger partial charge in [0, 0.05) is 5.92 Å². The van der Waals surface area contributed by atoms with Crippen molar-refractivity contribution in [2.24, 2.45) is 5.92 Å². The number of ketones is 2. The van der Waals surface area contributed by atoms with Crippen LogP contribution in [0.3, 0.4) is 0 Å². The molecule has 1 aromatic carbocycles. The van der Waals surface area contributed by atoms with Crippen LogP contribution in [0, 0.1) is 5.92 Å². The number of hydrogen-bond donors (Lipinski definition) is 3. The van der Waals surface area contributed by atoms with Gasteiger partial charge in [0.2, 0.25) is 5.60 Å². The number of aliphatic hydroxyl groups excluding tert-OH is 2. The number of methoxy groups -OCH3 is 1. The Kier molecular flexibility index (Phi) is 9.35. The topological polar surface area (TPSA) is 104 Å². The molecule has 0 aliphatic heterocycles. The lowest BCUT2D eigenvalue weighted by molar-refractivity contribution is -0.166. The summed E-state index contributed by atoms with van der Waals surface area (Å²) in [5, 5.41) is 30.1. The summed E-state index contributed by atoms with van der Waals surface area (Å²) in [6.45, 7) is 2.88. The van der Waals surface area contributed by atoms with Gasteiger partial charge in [-0.15, -0.1) is 0 Å². The highest BCUT2D eigenvalue weighted by Gasteiger charge is 2.50. The van der Waals surface area contributed by atoms with Gasteiger partial charge in [0.1, 0.15) is 11.9 Å². The van der Waals surface area contributed by atoms with Crippen molar-refractivity contribution in [3.63, 3.8) is 0 Å². The van der Waals surface area contributed by atoms with Gasteiger partial charge in [-0.2, -0.15) is 0 Å². The Bertz CT molecular complexity index is 637. The summed E-state index contributed by atoms with van der Waals surface area (Å²) < 4.78 is 5.06. The van der Waals surface area contributed by atoms with E-state index in [-0.39, 0.29) is 0 Å². The summed E-state index contributed by atoms with van der Waals surface area (Å²) in [4.78, 5) is 25.5. The molecular formula is C21H30O6. The number of carbonyl (C=O) groups is 2. The molecule has 1 aromatic rings. The number of Topliss-reactive ketones (excluding diaryl/α,β-unsaturated/α-hetero) is 1. The van der Waals surface area contributed by atoms with Crippen molar-refractivity contribution in [2.45, 2.75) is 51.2 Å². The van der Waals surface area contributed by atoms with E-state index >= 15 is 0 Å². The molecule has 27 heavy (non-hydrogen) atoms. The quantitative estimate of drug-likeness (QED) is 0.380. The molecule has 6 heteroatoms. The summed E-state index contributed by atoms with van der Waals surface area (Å²) in [7, 11) is 1.54. The second-order valence-corrected chi connectivity index (χ2v) is 6.55. The average Bonchev–Trinajstić information content (AvgIpc) is 2.71. The van der Waals surface area contributed by atoms with Crippen LogP contribution in [0.5, 0.6) is 5.75 Å². The van der Waals surface area contributed by atoms with Gasteiger partial charge in [-0.1, -0.05) is 44.9 Å². The lowest BCUT2D eigenvalue weighted by Gasteiger charge is -2.31. The smallest absolute Gasteiger partial charge is 0.213 e. The summed E-state index contributed by atoms with van der Waals surface area (Å²) in [5.41, 5.74) is -2.00. The van der Waals surface area contributed by atoms with Crippen molar-refractivity contribution >= 4 is 17.6 Å². The molecule has 0 saturated heterocycles. The first-order valence-electron chi connectivity index (χ1n) is 9.27. The second-order valence-electron chi connectivity index (χ2n) is 6.55. The first-order valence-corrected chi connectivity index (χ1v) is 9.27.